The zero-order valence-corrected chi connectivity index (χ0v) is 22.6. The Balaban J connectivity index is 1.07. The molecule has 2 unspecified atom stereocenters. The minimum atomic E-state index is 0.0923. The SMILES string of the molecule is O=Cc1cc(-c2nnc(N3C4CCC3CC(OCc3c(-c5c(Cl)cccc5Cl)noc3C3CC3)C4)o2)cs1. The zero-order valence-electron chi connectivity index (χ0n) is 20.3. The summed E-state index contributed by atoms with van der Waals surface area (Å²) in [5, 5.41) is 15.9. The molecule has 0 spiro atoms. The molecule has 7 rings (SSSR count). The maximum absolute atomic E-state index is 11.0. The topological polar surface area (TPSA) is 94.5 Å². The molecule has 2 atom stereocenters. The second-order valence-corrected chi connectivity index (χ2v) is 11.9. The van der Waals surface area contributed by atoms with Crippen LogP contribution in [0.5, 0.6) is 0 Å². The van der Waals surface area contributed by atoms with Gasteiger partial charge in [-0.2, -0.15) is 0 Å². The van der Waals surface area contributed by atoms with Crippen LogP contribution in [0.2, 0.25) is 10.0 Å². The number of halogens is 2. The number of aromatic nitrogens is 3. The van der Waals surface area contributed by atoms with Crippen molar-refractivity contribution in [3.05, 3.63) is 55.9 Å². The second kappa shape index (κ2) is 9.79. The number of hydrogen-bond acceptors (Lipinski definition) is 9. The number of rotatable bonds is 8. The molecule has 3 aromatic heterocycles. The van der Waals surface area contributed by atoms with E-state index in [0.29, 0.717) is 50.6 Å². The van der Waals surface area contributed by atoms with Gasteiger partial charge in [0.15, 0.2) is 6.29 Å². The molecule has 11 heteroatoms. The van der Waals surface area contributed by atoms with E-state index < -0.39 is 0 Å². The van der Waals surface area contributed by atoms with Gasteiger partial charge < -0.3 is 18.6 Å². The van der Waals surface area contributed by atoms with Crippen molar-refractivity contribution >= 4 is 46.8 Å². The van der Waals surface area contributed by atoms with Gasteiger partial charge in [0.2, 0.25) is 0 Å². The molecule has 38 heavy (non-hydrogen) atoms. The first-order valence-corrected chi connectivity index (χ1v) is 14.4. The number of carbonyl (C=O) groups is 1. The predicted octanol–water partition coefficient (Wildman–Crippen LogP) is 7.17. The summed E-state index contributed by atoms with van der Waals surface area (Å²) in [5.41, 5.74) is 3.09. The highest BCUT2D eigenvalue weighted by Crippen LogP contribution is 2.47. The lowest BCUT2D eigenvalue weighted by Crippen LogP contribution is -2.45. The molecular weight excluding hydrogens is 547 g/mol. The Labute approximate surface area is 232 Å². The van der Waals surface area contributed by atoms with Crippen LogP contribution in [0.3, 0.4) is 0 Å². The summed E-state index contributed by atoms with van der Waals surface area (Å²) < 4.78 is 18.4. The van der Waals surface area contributed by atoms with Crippen molar-refractivity contribution in [3.8, 4) is 22.7 Å². The summed E-state index contributed by atoms with van der Waals surface area (Å²) in [5.74, 6) is 1.71. The van der Waals surface area contributed by atoms with E-state index in [1.54, 1.807) is 6.07 Å². The number of hydrogen-bond donors (Lipinski definition) is 0. The van der Waals surface area contributed by atoms with Crippen molar-refractivity contribution in [1.29, 1.82) is 0 Å². The first-order chi connectivity index (χ1) is 18.6. The van der Waals surface area contributed by atoms with E-state index in [2.05, 4.69) is 20.3 Å². The minimum Gasteiger partial charge on any atom is -0.403 e. The molecule has 0 N–H and O–H groups in total. The standard InChI is InChI=1S/C27H24Cl2N4O4S/c28-21-2-1-3-22(29)23(21)24-20(25(37-32-24)14-4-5-14)12-35-18-9-16-6-7-17(10-18)33(16)27-31-30-26(36-27)15-8-19(11-34)38-13-15/h1-3,8,11,13-14,16-18H,4-7,9-10,12H2. The van der Waals surface area contributed by atoms with Crippen molar-refractivity contribution < 1.29 is 18.5 Å². The Hall–Kier alpha value is -2.72. The third-order valence-corrected chi connectivity index (χ3v) is 9.23. The molecule has 5 heterocycles. The number of fused-ring (bicyclic) bond motifs is 2. The summed E-state index contributed by atoms with van der Waals surface area (Å²) in [7, 11) is 0. The quantitative estimate of drug-likeness (QED) is 0.206. The van der Waals surface area contributed by atoms with Crippen LogP contribution in [0.25, 0.3) is 22.7 Å². The highest BCUT2D eigenvalue weighted by atomic mass is 35.5. The summed E-state index contributed by atoms with van der Waals surface area (Å²) in [6.07, 6.45) is 6.95. The van der Waals surface area contributed by atoms with Crippen molar-refractivity contribution in [2.45, 2.75) is 69.2 Å². The predicted molar refractivity (Wildman–Crippen MR) is 144 cm³/mol. The van der Waals surface area contributed by atoms with Gasteiger partial charge in [-0.05, 0) is 56.7 Å². The molecule has 3 fully saturated rings. The number of piperidine rings is 1. The van der Waals surface area contributed by atoms with E-state index in [4.69, 9.17) is 36.9 Å². The van der Waals surface area contributed by atoms with Gasteiger partial charge in [0.05, 0.1) is 33.2 Å². The van der Waals surface area contributed by atoms with Gasteiger partial charge in [-0.25, -0.2) is 0 Å². The fourth-order valence-electron chi connectivity index (χ4n) is 5.79. The Morgan fingerprint density at radius 1 is 1.11 bits per heavy atom. The lowest BCUT2D eigenvalue weighted by Gasteiger charge is -2.37. The van der Waals surface area contributed by atoms with Gasteiger partial charge in [-0.3, -0.25) is 4.79 Å². The van der Waals surface area contributed by atoms with Gasteiger partial charge >= 0.3 is 6.01 Å². The average Bonchev–Trinajstić information content (AvgIpc) is 3.24. The molecular formula is C27H24Cl2N4O4S. The summed E-state index contributed by atoms with van der Waals surface area (Å²) in [4.78, 5) is 13.9. The minimum absolute atomic E-state index is 0.0923. The molecule has 1 aliphatic carbocycles. The molecule has 8 nitrogen and oxygen atoms in total. The number of benzene rings is 1. The Bertz CT molecular complexity index is 1460. The van der Waals surface area contributed by atoms with E-state index in [1.165, 1.54) is 11.3 Å². The van der Waals surface area contributed by atoms with Crippen LogP contribution < -0.4 is 4.90 Å². The van der Waals surface area contributed by atoms with E-state index >= 15 is 0 Å². The lowest BCUT2D eigenvalue weighted by atomic mass is 10.00. The van der Waals surface area contributed by atoms with E-state index in [1.807, 2.05) is 23.6 Å². The molecule has 2 bridgehead atoms. The molecule has 2 saturated heterocycles. The number of nitrogens with zero attached hydrogens (tertiary/aromatic N) is 4. The molecule has 0 amide bonds. The van der Waals surface area contributed by atoms with Crippen LogP contribution in [0.4, 0.5) is 6.01 Å². The molecule has 1 aromatic carbocycles. The molecule has 4 aromatic rings. The van der Waals surface area contributed by atoms with Crippen LogP contribution in [0.15, 0.2) is 38.6 Å². The number of thiophene rings is 1. The highest BCUT2D eigenvalue weighted by molar-refractivity contribution is 7.12. The molecule has 3 aliphatic rings. The Morgan fingerprint density at radius 3 is 2.55 bits per heavy atom. The van der Waals surface area contributed by atoms with Gasteiger partial charge in [-0.15, -0.1) is 16.4 Å². The number of carbonyl (C=O) groups excluding carboxylic acids is 1. The maximum Gasteiger partial charge on any atom is 0.318 e. The molecule has 196 valence electrons. The van der Waals surface area contributed by atoms with Gasteiger partial charge in [0, 0.05) is 34.5 Å². The monoisotopic (exact) mass is 570 g/mol. The third kappa shape index (κ3) is 4.35. The summed E-state index contributed by atoms with van der Waals surface area (Å²) >= 11 is 14.4. The lowest BCUT2D eigenvalue weighted by molar-refractivity contribution is 0.0139. The zero-order chi connectivity index (χ0) is 25.8. The summed E-state index contributed by atoms with van der Waals surface area (Å²) in [6, 6.07) is 8.30. The number of aldehydes is 1. The first-order valence-electron chi connectivity index (χ1n) is 12.8. The van der Waals surface area contributed by atoms with Crippen LogP contribution in [-0.2, 0) is 11.3 Å². The molecule has 2 aliphatic heterocycles. The smallest absolute Gasteiger partial charge is 0.318 e. The van der Waals surface area contributed by atoms with Gasteiger partial charge in [0.25, 0.3) is 5.89 Å². The van der Waals surface area contributed by atoms with Crippen molar-refractivity contribution in [2.75, 3.05) is 4.90 Å². The molecule has 1 saturated carbocycles. The number of anilines is 1. The van der Waals surface area contributed by atoms with E-state index in [9.17, 15) is 4.79 Å². The van der Waals surface area contributed by atoms with E-state index in [-0.39, 0.29) is 18.2 Å². The largest absolute Gasteiger partial charge is 0.403 e. The van der Waals surface area contributed by atoms with Crippen molar-refractivity contribution in [1.82, 2.24) is 15.4 Å². The molecule has 0 radical (unpaired) electrons. The maximum atomic E-state index is 11.0. The van der Waals surface area contributed by atoms with E-state index in [0.717, 1.165) is 61.7 Å². The highest BCUT2D eigenvalue weighted by Gasteiger charge is 2.44. The van der Waals surface area contributed by atoms with Crippen molar-refractivity contribution in [2.24, 2.45) is 0 Å². The van der Waals surface area contributed by atoms with Crippen LogP contribution in [0, 0.1) is 0 Å². The van der Waals surface area contributed by atoms with Gasteiger partial charge in [-0.1, -0.05) is 39.5 Å². The van der Waals surface area contributed by atoms with Crippen LogP contribution in [0.1, 0.15) is 65.4 Å². The number of ether oxygens (including phenoxy) is 1. The normalized spacial score (nSPS) is 22.8. The Morgan fingerprint density at radius 2 is 1.87 bits per heavy atom. The first kappa shape index (κ1) is 24.3. The average molecular weight is 571 g/mol. The Kier molecular flexibility index (Phi) is 6.27. The van der Waals surface area contributed by atoms with Gasteiger partial charge in [0.1, 0.15) is 11.5 Å². The van der Waals surface area contributed by atoms with Crippen LogP contribution in [-0.4, -0.2) is 39.8 Å². The fraction of sp³-hybridized carbons (Fsp3) is 0.407. The summed E-state index contributed by atoms with van der Waals surface area (Å²) in [6.45, 7) is 0.401. The fourth-order valence-corrected chi connectivity index (χ4v) is 7.05. The van der Waals surface area contributed by atoms with Crippen LogP contribution >= 0.6 is 34.5 Å². The van der Waals surface area contributed by atoms with Crippen molar-refractivity contribution in [3.63, 3.8) is 0 Å². The second-order valence-electron chi connectivity index (χ2n) is 10.2. The third-order valence-electron chi connectivity index (χ3n) is 7.74.